The maximum Gasteiger partial charge on any atom is 0.260 e. The van der Waals surface area contributed by atoms with Crippen molar-refractivity contribution in [3.05, 3.63) is 53.9 Å². The second kappa shape index (κ2) is 9.89. The zero-order valence-electron chi connectivity index (χ0n) is 19.2. The van der Waals surface area contributed by atoms with Crippen LogP contribution in [0.1, 0.15) is 48.1 Å². The van der Waals surface area contributed by atoms with Crippen LogP contribution in [0.3, 0.4) is 0 Å². The van der Waals surface area contributed by atoms with Crippen LogP contribution in [0.25, 0.3) is 10.9 Å². The summed E-state index contributed by atoms with van der Waals surface area (Å²) in [5.74, 6) is 0.941. The first-order chi connectivity index (χ1) is 16.0. The van der Waals surface area contributed by atoms with E-state index in [1.807, 2.05) is 45.0 Å². The number of aromatic nitrogens is 4. The Morgan fingerprint density at radius 2 is 1.94 bits per heavy atom. The van der Waals surface area contributed by atoms with Gasteiger partial charge >= 0.3 is 0 Å². The van der Waals surface area contributed by atoms with Gasteiger partial charge in [0, 0.05) is 38.3 Å². The number of nitrogens with zero attached hydrogens (tertiary/aromatic N) is 6. The first-order valence-corrected chi connectivity index (χ1v) is 11.2. The normalized spacial score (nSPS) is 15.6. The summed E-state index contributed by atoms with van der Waals surface area (Å²) >= 11 is 0. The molecule has 1 atom stereocenters. The summed E-state index contributed by atoms with van der Waals surface area (Å²) in [6, 6.07) is 7.52. The lowest BCUT2D eigenvalue weighted by Gasteiger charge is -2.20. The van der Waals surface area contributed by atoms with Gasteiger partial charge in [0.15, 0.2) is 6.61 Å². The van der Waals surface area contributed by atoms with Crippen molar-refractivity contribution in [2.24, 2.45) is 0 Å². The molecule has 3 heterocycles. The van der Waals surface area contributed by atoms with Crippen molar-refractivity contribution in [2.45, 2.75) is 33.1 Å². The molecular formula is C24H28N6O3. The first-order valence-electron chi connectivity index (χ1n) is 11.2. The monoisotopic (exact) mass is 448 g/mol. The zero-order chi connectivity index (χ0) is 23.4. The molecule has 33 heavy (non-hydrogen) atoms. The molecular weight excluding hydrogens is 420 g/mol. The lowest BCUT2D eigenvalue weighted by molar-refractivity contribution is -0.132. The zero-order valence-corrected chi connectivity index (χ0v) is 19.2. The number of likely N-dealkylation sites (tertiary alicyclic amines) is 1. The Bertz CT molecular complexity index is 1160. The van der Waals surface area contributed by atoms with Gasteiger partial charge in [-0.1, -0.05) is 12.1 Å². The van der Waals surface area contributed by atoms with Gasteiger partial charge in [0.2, 0.25) is 5.88 Å². The third kappa shape index (κ3) is 4.76. The van der Waals surface area contributed by atoms with E-state index in [4.69, 9.17) is 4.74 Å². The number of aryl methyl sites for hydroxylation is 1. The lowest BCUT2D eigenvalue weighted by Crippen LogP contribution is -2.33. The fraction of sp³-hybridized carbons (Fsp3) is 0.417. The fourth-order valence-electron chi connectivity index (χ4n) is 4.09. The topological polar surface area (TPSA) is 101 Å². The molecule has 0 radical (unpaired) electrons. The SMILES string of the molecule is CCN(CC)C(=O)c1cnc([C@@H]2CCN(C(=O)COc3ncnc4ccccc34)C2)nc1C. The number of carbonyl (C=O) groups is 2. The fourth-order valence-corrected chi connectivity index (χ4v) is 4.09. The molecule has 1 saturated heterocycles. The molecule has 3 aromatic rings. The second-order valence-electron chi connectivity index (χ2n) is 8.01. The number of para-hydroxylation sites is 1. The van der Waals surface area contributed by atoms with E-state index >= 15 is 0 Å². The molecule has 1 fully saturated rings. The van der Waals surface area contributed by atoms with Crippen LogP contribution in [0, 0.1) is 6.92 Å². The van der Waals surface area contributed by atoms with E-state index in [2.05, 4.69) is 19.9 Å². The van der Waals surface area contributed by atoms with Gasteiger partial charge in [-0.2, -0.15) is 0 Å². The van der Waals surface area contributed by atoms with E-state index in [9.17, 15) is 9.59 Å². The first kappa shape index (κ1) is 22.6. The number of rotatable bonds is 7. The van der Waals surface area contributed by atoms with Gasteiger partial charge in [-0.05, 0) is 39.3 Å². The Morgan fingerprint density at radius 3 is 2.70 bits per heavy atom. The van der Waals surface area contributed by atoms with E-state index in [0.29, 0.717) is 49.1 Å². The molecule has 2 aromatic heterocycles. The highest BCUT2D eigenvalue weighted by atomic mass is 16.5. The van der Waals surface area contributed by atoms with Crippen molar-refractivity contribution in [2.75, 3.05) is 32.8 Å². The lowest BCUT2D eigenvalue weighted by atomic mass is 10.1. The summed E-state index contributed by atoms with van der Waals surface area (Å²) < 4.78 is 5.72. The third-order valence-corrected chi connectivity index (χ3v) is 6.02. The van der Waals surface area contributed by atoms with E-state index in [0.717, 1.165) is 17.3 Å². The van der Waals surface area contributed by atoms with Crippen molar-refractivity contribution in [1.82, 2.24) is 29.7 Å². The standard InChI is InChI=1S/C24H28N6O3/c1-4-29(5-2)24(32)19-12-25-22(28-16(19)3)17-10-11-30(13-17)21(31)14-33-23-18-8-6-7-9-20(18)26-15-27-23/h6-9,12,15,17H,4-5,10-11,13-14H2,1-3H3/t17-/m1/s1. The second-order valence-corrected chi connectivity index (χ2v) is 8.01. The number of amides is 2. The van der Waals surface area contributed by atoms with Gasteiger partial charge in [0.1, 0.15) is 12.2 Å². The number of ether oxygens (including phenoxy) is 1. The minimum atomic E-state index is -0.106. The van der Waals surface area contributed by atoms with Crippen molar-refractivity contribution >= 4 is 22.7 Å². The van der Waals surface area contributed by atoms with Crippen molar-refractivity contribution in [3.63, 3.8) is 0 Å². The maximum absolute atomic E-state index is 12.7. The van der Waals surface area contributed by atoms with Gasteiger partial charge in [0.25, 0.3) is 11.8 Å². The van der Waals surface area contributed by atoms with E-state index < -0.39 is 0 Å². The van der Waals surface area contributed by atoms with Crippen LogP contribution in [0.4, 0.5) is 0 Å². The number of fused-ring (bicyclic) bond motifs is 1. The average Bonchev–Trinajstić information content (AvgIpc) is 3.33. The summed E-state index contributed by atoms with van der Waals surface area (Å²) in [4.78, 5) is 46.4. The summed E-state index contributed by atoms with van der Waals surface area (Å²) in [5, 5.41) is 0.773. The Morgan fingerprint density at radius 1 is 1.15 bits per heavy atom. The van der Waals surface area contributed by atoms with Crippen LogP contribution in [0.15, 0.2) is 36.8 Å². The summed E-state index contributed by atoms with van der Waals surface area (Å²) in [6.45, 7) is 8.06. The quantitative estimate of drug-likeness (QED) is 0.547. The van der Waals surface area contributed by atoms with Crippen LogP contribution in [-0.2, 0) is 4.79 Å². The van der Waals surface area contributed by atoms with Gasteiger partial charge < -0.3 is 14.5 Å². The molecule has 1 aliphatic rings. The predicted molar refractivity (Wildman–Crippen MR) is 123 cm³/mol. The molecule has 1 aliphatic heterocycles. The third-order valence-electron chi connectivity index (χ3n) is 6.02. The summed E-state index contributed by atoms with van der Waals surface area (Å²) in [7, 11) is 0. The van der Waals surface area contributed by atoms with Crippen LogP contribution in [-0.4, -0.2) is 74.3 Å². The highest BCUT2D eigenvalue weighted by molar-refractivity contribution is 5.94. The van der Waals surface area contributed by atoms with E-state index in [-0.39, 0.29) is 24.3 Å². The van der Waals surface area contributed by atoms with Gasteiger partial charge in [-0.15, -0.1) is 0 Å². The Hall–Kier alpha value is -3.62. The Labute approximate surface area is 192 Å². The number of hydrogen-bond acceptors (Lipinski definition) is 7. The molecule has 4 rings (SSSR count). The molecule has 0 aliphatic carbocycles. The molecule has 0 saturated carbocycles. The van der Waals surface area contributed by atoms with Gasteiger partial charge in [-0.25, -0.2) is 19.9 Å². The van der Waals surface area contributed by atoms with Crippen molar-refractivity contribution in [1.29, 1.82) is 0 Å². The molecule has 9 heteroatoms. The highest BCUT2D eigenvalue weighted by Crippen LogP contribution is 2.26. The van der Waals surface area contributed by atoms with E-state index in [1.165, 1.54) is 6.33 Å². The largest absolute Gasteiger partial charge is 0.467 e. The smallest absolute Gasteiger partial charge is 0.260 e. The van der Waals surface area contributed by atoms with Gasteiger partial charge in [0.05, 0.1) is 22.2 Å². The Kier molecular flexibility index (Phi) is 6.76. The molecule has 0 N–H and O–H groups in total. The van der Waals surface area contributed by atoms with Crippen molar-refractivity contribution in [3.8, 4) is 5.88 Å². The van der Waals surface area contributed by atoms with Crippen molar-refractivity contribution < 1.29 is 14.3 Å². The number of benzene rings is 1. The Balaban J connectivity index is 1.38. The summed E-state index contributed by atoms with van der Waals surface area (Å²) in [5.41, 5.74) is 1.96. The summed E-state index contributed by atoms with van der Waals surface area (Å²) in [6.07, 6.45) is 3.82. The average molecular weight is 449 g/mol. The maximum atomic E-state index is 12.7. The van der Waals surface area contributed by atoms with Crippen LogP contribution >= 0.6 is 0 Å². The molecule has 0 unspecified atom stereocenters. The van der Waals surface area contributed by atoms with Crippen LogP contribution in [0.2, 0.25) is 0 Å². The van der Waals surface area contributed by atoms with E-state index in [1.54, 1.807) is 16.0 Å². The molecule has 9 nitrogen and oxygen atoms in total. The molecule has 0 spiro atoms. The molecule has 0 bridgehead atoms. The molecule has 1 aromatic carbocycles. The van der Waals surface area contributed by atoms with Crippen LogP contribution in [0.5, 0.6) is 5.88 Å². The molecule has 172 valence electrons. The molecule has 2 amide bonds. The minimum Gasteiger partial charge on any atom is -0.467 e. The number of carbonyl (C=O) groups excluding carboxylic acids is 2. The highest BCUT2D eigenvalue weighted by Gasteiger charge is 2.30. The van der Waals surface area contributed by atoms with Gasteiger partial charge in [-0.3, -0.25) is 9.59 Å². The number of hydrogen-bond donors (Lipinski definition) is 0. The van der Waals surface area contributed by atoms with Crippen LogP contribution < -0.4 is 4.74 Å². The minimum absolute atomic E-state index is 0.0325. The predicted octanol–water partition coefficient (Wildman–Crippen LogP) is 2.61.